The Kier molecular flexibility index (Phi) is 11.0. The van der Waals surface area contributed by atoms with Gasteiger partial charge in [0.2, 0.25) is 0 Å². The molecule has 0 bridgehead atoms. The number of hydrogen-bond donors (Lipinski definition) is 2. The molecule has 0 aromatic heterocycles. The summed E-state index contributed by atoms with van der Waals surface area (Å²) in [6.07, 6.45) is -9.97. The third-order valence-corrected chi connectivity index (χ3v) is 10.3. The van der Waals surface area contributed by atoms with Crippen LogP contribution in [0.1, 0.15) is 47.9 Å². The van der Waals surface area contributed by atoms with Crippen LogP contribution >= 0.6 is 0 Å². The first-order chi connectivity index (χ1) is 24.3. The quantitative estimate of drug-likeness (QED) is 0.397. The van der Waals surface area contributed by atoms with Gasteiger partial charge in [0, 0.05) is 70.0 Å². The van der Waals surface area contributed by atoms with Crippen molar-refractivity contribution < 1.29 is 45.5 Å². The highest BCUT2D eigenvalue weighted by Gasteiger charge is 2.39. The van der Waals surface area contributed by atoms with Gasteiger partial charge in [0.05, 0.1) is 11.1 Å². The number of halogens is 6. The Morgan fingerprint density at radius 3 is 2.04 bits per heavy atom. The van der Waals surface area contributed by atoms with Gasteiger partial charge in [-0.15, -0.1) is 0 Å². The minimum absolute atomic E-state index is 0.0275. The molecular formula is C35H42F6N6O4. The van der Waals surface area contributed by atoms with Gasteiger partial charge >= 0.3 is 24.5 Å². The zero-order chi connectivity index (χ0) is 36.3. The summed E-state index contributed by atoms with van der Waals surface area (Å²) in [5.41, 5.74) is -1.69. The molecule has 0 saturated carbocycles. The summed E-state index contributed by atoms with van der Waals surface area (Å²) in [6.45, 7) is 4.25. The summed E-state index contributed by atoms with van der Waals surface area (Å²) >= 11 is 0. The Balaban J connectivity index is 1.15. The molecule has 2 N–H and O–H groups in total. The number of alkyl halides is 6. The van der Waals surface area contributed by atoms with E-state index in [0.29, 0.717) is 57.1 Å². The predicted octanol–water partition coefficient (Wildman–Crippen LogP) is 5.22. The van der Waals surface area contributed by atoms with E-state index in [1.54, 1.807) is 4.90 Å². The van der Waals surface area contributed by atoms with Crippen molar-refractivity contribution in [3.05, 3.63) is 64.7 Å². The standard InChI is InChI=1S/C35H42F6N6O4/c36-34(37,38)25-19-23(20-26(22-25)35(39,40)41)21-30(31(48)45-17-15-44(16-18-45)27-5-10-42-11-6-27)51-33(50)46-12-8-28(9-13-46)47-14-7-24-3-1-2-4-29(24)43-32(47)49/h1-4,19-20,22,27-28,30,42H,5-18,21H2,(H,43,49)/t30-/m1/s1. The Morgan fingerprint density at radius 2 is 1.41 bits per heavy atom. The molecule has 4 heterocycles. The maximum absolute atomic E-state index is 13.9. The van der Waals surface area contributed by atoms with Gasteiger partial charge in [-0.1, -0.05) is 18.2 Å². The number of piperazine rings is 1. The van der Waals surface area contributed by atoms with Crippen molar-refractivity contribution in [2.24, 2.45) is 0 Å². The summed E-state index contributed by atoms with van der Waals surface area (Å²) in [7, 11) is 0. The molecule has 3 saturated heterocycles. The van der Waals surface area contributed by atoms with E-state index in [1.165, 1.54) is 9.80 Å². The number of nitrogens with zero attached hydrogens (tertiary/aromatic N) is 4. The highest BCUT2D eigenvalue weighted by atomic mass is 19.4. The summed E-state index contributed by atoms with van der Waals surface area (Å²) in [6, 6.07) is 8.62. The molecule has 16 heteroatoms. The van der Waals surface area contributed by atoms with Crippen LogP contribution in [0.4, 0.5) is 41.6 Å². The molecule has 4 aliphatic heterocycles. The lowest BCUT2D eigenvalue weighted by Gasteiger charge is -2.41. The number of benzene rings is 2. The maximum atomic E-state index is 13.9. The highest BCUT2D eigenvalue weighted by Crippen LogP contribution is 2.37. The fraction of sp³-hybridized carbons (Fsp3) is 0.571. The largest absolute Gasteiger partial charge is 0.436 e. The molecular weight excluding hydrogens is 682 g/mol. The van der Waals surface area contributed by atoms with Crippen LogP contribution < -0.4 is 10.6 Å². The van der Waals surface area contributed by atoms with Crippen molar-refractivity contribution in [1.29, 1.82) is 0 Å². The van der Waals surface area contributed by atoms with Gasteiger partial charge in [-0.2, -0.15) is 26.3 Å². The molecule has 6 rings (SSSR count). The van der Waals surface area contributed by atoms with Crippen LogP contribution in [0.2, 0.25) is 0 Å². The number of urea groups is 1. The van der Waals surface area contributed by atoms with Crippen molar-refractivity contribution in [1.82, 2.24) is 24.9 Å². The average Bonchev–Trinajstić information content (AvgIpc) is 3.28. The van der Waals surface area contributed by atoms with Crippen LogP contribution in [0.15, 0.2) is 42.5 Å². The number of piperidine rings is 2. The number of carbonyl (C=O) groups is 3. The number of hydrogen-bond acceptors (Lipinski definition) is 6. The molecule has 10 nitrogen and oxygen atoms in total. The molecule has 3 fully saturated rings. The molecule has 51 heavy (non-hydrogen) atoms. The Bertz CT molecular complexity index is 1530. The van der Waals surface area contributed by atoms with Crippen LogP contribution in [0.5, 0.6) is 0 Å². The lowest BCUT2D eigenvalue weighted by molar-refractivity contribution is -0.143. The SMILES string of the molecule is O=C(O[C@H](Cc1cc(C(F)(F)F)cc(C(F)(F)F)c1)C(=O)N1CCN(C2CCNCC2)CC1)N1CCC(N2CCc3ccccc3NC2=O)CC1. The van der Waals surface area contributed by atoms with Crippen LogP contribution in [0, 0.1) is 0 Å². The van der Waals surface area contributed by atoms with E-state index in [-0.39, 0.29) is 44.3 Å². The molecule has 0 spiro atoms. The molecule has 4 aliphatic rings. The highest BCUT2D eigenvalue weighted by molar-refractivity contribution is 5.91. The molecule has 0 radical (unpaired) electrons. The number of fused-ring (bicyclic) bond motifs is 1. The van der Waals surface area contributed by atoms with E-state index >= 15 is 0 Å². The number of carbonyl (C=O) groups excluding carboxylic acids is 3. The van der Waals surface area contributed by atoms with Crippen molar-refractivity contribution in [3.63, 3.8) is 0 Å². The van der Waals surface area contributed by atoms with Gasteiger partial charge in [0.25, 0.3) is 5.91 Å². The number of rotatable bonds is 6. The number of anilines is 1. The second kappa shape index (κ2) is 15.3. The van der Waals surface area contributed by atoms with E-state index in [9.17, 15) is 40.7 Å². The first kappa shape index (κ1) is 36.7. The fourth-order valence-corrected chi connectivity index (χ4v) is 7.51. The zero-order valence-electron chi connectivity index (χ0n) is 28.1. The third kappa shape index (κ3) is 8.88. The van der Waals surface area contributed by atoms with Gasteiger partial charge in [-0.25, -0.2) is 9.59 Å². The van der Waals surface area contributed by atoms with Gasteiger partial charge in [-0.05, 0) is 80.6 Å². The monoisotopic (exact) mass is 724 g/mol. The second-order valence-corrected chi connectivity index (χ2v) is 13.6. The molecule has 278 valence electrons. The second-order valence-electron chi connectivity index (χ2n) is 13.6. The van der Waals surface area contributed by atoms with Gasteiger partial charge in [0.1, 0.15) is 0 Å². The van der Waals surface area contributed by atoms with Crippen molar-refractivity contribution >= 4 is 23.7 Å². The lowest BCUT2D eigenvalue weighted by atomic mass is 9.99. The van der Waals surface area contributed by atoms with Gasteiger partial charge < -0.3 is 30.1 Å². The van der Waals surface area contributed by atoms with E-state index in [2.05, 4.69) is 15.5 Å². The van der Waals surface area contributed by atoms with Crippen LogP contribution in [-0.2, 0) is 34.7 Å². The smallest absolute Gasteiger partial charge is 0.416 e. The summed E-state index contributed by atoms with van der Waals surface area (Å²) in [4.78, 5) is 47.3. The molecule has 0 unspecified atom stereocenters. The van der Waals surface area contributed by atoms with Crippen molar-refractivity contribution in [2.45, 2.75) is 69.1 Å². The van der Waals surface area contributed by atoms with Gasteiger partial charge in [0.15, 0.2) is 6.10 Å². The number of nitrogens with one attached hydrogen (secondary N) is 2. The summed E-state index contributed by atoms with van der Waals surface area (Å²) in [5.74, 6) is -0.671. The Labute approximate surface area is 292 Å². The van der Waals surface area contributed by atoms with E-state index in [0.717, 1.165) is 37.2 Å². The number of amides is 4. The Hall–Kier alpha value is -4.05. The van der Waals surface area contributed by atoms with Gasteiger partial charge in [-0.3, -0.25) is 9.69 Å². The van der Waals surface area contributed by atoms with Crippen molar-refractivity contribution in [2.75, 3.05) is 64.2 Å². The number of ether oxygens (including phenoxy) is 1. The zero-order valence-corrected chi connectivity index (χ0v) is 28.1. The summed E-state index contributed by atoms with van der Waals surface area (Å²) in [5, 5.41) is 6.25. The first-order valence-electron chi connectivity index (χ1n) is 17.4. The van der Waals surface area contributed by atoms with E-state index in [4.69, 9.17) is 4.74 Å². The molecule has 4 amide bonds. The minimum Gasteiger partial charge on any atom is -0.436 e. The normalized spacial score (nSPS) is 20.7. The third-order valence-electron chi connectivity index (χ3n) is 10.3. The molecule has 2 aromatic rings. The molecule has 2 aromatic carbocycles. The number of para-hydroxylation sites is 1. The molecule has 0 aliphatic carbocycles. The van der Waals surface area contributed by atoms with Crippen LogP contribution in [0.3, 0.4) is 0 Å². The molecule has 1 atom stereocenters. The van der Waals surface area contributed by atoms with E-state index in [1.807, 2.05) is 24.3 Å². The minimum atomic E-state index is -5.07. The van der Waals surface area contributed by atoms with Crippen molar-refractivity contribution in [3.8, 4) is 0 Å². The average molecular weight is 725 g/mol. The van der Waals surface area contributed by atoms with E-state index < -0.39 is 53.6 Å². The maximum Gasteiger partial charge on any atom is 0.416 e. The summed E-state index contributed by atoms with van der Waals surface area (Å²) < 4.78 is 87.7. The fourth-order valence-electron chi connectivity index (χ4n) is 7.51. The van der Waals surface area contributed by atoms with Crippen LogP contribution in [-0.4, -0.2) is 115 Å². The lowest BCUT2D eigenvalue weighted by Crippen LogP contribution is -2.56. The first-order valence-corrected chi connectivity index (χ1v) is 17.4. The Morgan fingerprint density at radius 1 is 0.784 bits per heavy atom. The van der Waals surface area contributed by atoms with Crippen LogP contribution in [0.25, 0.3) is 0 Å². The topological polar surface area (TPSA) is 97.5 Å². The number of likely N-dealkylation sites (tertiary alicyclic amines) is 1. The predicted molar refractivity (Wildman–Crippen MR) is 175 cm³/mol.